The van der Waals surface area contributed by atoms with Crippen molar-refractivity contribution in [3.63, 3.8) is 0 Å². The van der Waals surface area contributed by atoms with Crippen LogP contribution in [0.25, 0.3) is 0 Å². The summed E-state index contributed by atoms with van der Waals surface area (Å²) in [5.41, 5.74) is -0.219. The van der Waals surface area contributed by atoms with Crippen molar-refractivity contribution in [3.8, 4) is 0 Å². The smallest absolute Gasteiger partial charge is 0.261 e. The molecule has 1 aliphatic heterocycles. The molecule has 0 atom stereocenters. The first-order chi connectivity index (χ1) is 12.6. The Bertz CT molecular complexity index is 733. The molecule has 9 heteroatoms. The van der Waals surface area contributed by atoms with Crippen LogP contribution in [-0.2, 0) is 4.74 Å². The quantitative estimate of drug-likeness (QED) is 0.801. The summed E-state index contributed by atoms with van der Waals surface area (Å²) in [7, 11) is 0. The van der Waals surface area contributed by atoms with E-state index in [9.17, 15) is 9.18 Å². The van der Waals surface area contributed by atoms with Crippen LogP contribution in [0.1, 0.15) is 10.4 Å². The maximum absolute atomic E-state index is 13.8. The molecule has 138 valence electrons. The lowest BCUT2D eigenvalue weighted by atomic mass is 10.2. The fourth-order valence-corrected chi connectivity index (χ4v) is 2.80. The molecule has 2 heterocycles. The minimum Gasteiger partial charge on any atom is -0.379 e. The van der Waals surface area contributed by atoms with E-state index in [1.807, 2.05) is 0 Å². The summed E-state index contributed by atoms with van der Waals surface area (Å²) in [6.07, 6.45) is 0. The lowest BCUT2D eigenvalue weighted by Gasteiger charge is -2.26. The van der Waals surface area contributed by atoms with E-state index in [-0.39, 0.29) is 16.4 Å². The molecular formula is C17H19ClFN5O2. The predicted octanol–water partition coefficient (Wildman–Crippen LogP) is 2.27. The number of benzene rings is 1. The van der Waals surface area contributed by atoms with Crippen LogP contribution in [-0.4, -0.2) is 60.4 Å². The van der Waals surface area contributed by atoms with Crippen molar-refractivity contribution in [3.05, 3.63) is 46.7 Å². The first-order valence-electron chi connectivity index (χ1n) is 8.26. The number of rotatable bonds is 6. The normalized spacial score (nSPS) is 14.8. The van der Waals surface area contributed by atoms with Gasteiger partial charge in [0, 0.05) is 26.2 Å². The number of halogens is 2. The highest BCUT2D eigenvalue weighted by Gasteiger charge is 2.16. The van der Waals surface area contributed by atoms with Gasteiger partial charge in [-0.05, 0) is 24.3 Å². The Kier molecular flexibility index (Phi) is 6.32. The summed E-state index contributed by atoms with van der Waals surface area (Å²) in [5, 5.41) is 13.6. The number of nitrogens with one attached hydrogen (secondary N) is 2. The molecule has 1 aromatic heterocycles. The molecule has 1 aromatic carbocycles. The molecule has 1 amide bonds. The van der Waals surface area contributed by atoms with Gasteiger partial charge in [0.2, 0.25) is 0 Å². The van der Waals surface area contributed by atoms with Gasteiger partial charge in [-0.1, -0.05) is 17.7 Å². The molecule has 7 nitrogen and oxygen atoms in total. The minimum atomic E-state index is -0.690. The van der Waals surface area contributed by atoms with Crippen LogP contribution in [0, 0.1) is 5.82 Å². The molecule has 2 N–H and O–H groups in total. The average molecular weight is 380 g/mol. The number of carbonyl (C=O) groups is 1. The molecule has 0 bridgehead atoms. The van der Waals surface area contributed by atoms with Crippen molar-refractivity contribution in [1.82, 2.24) is 15.1 Å². The highest BCUT2D eigenvalue weighted by Crippen LogP contribution is 2.20. The SMILES string of the molecule is O=C(Nc1ccc(NCCN2CCOCC2)nn1)c1c(F)cccc1Cl. The third kappa shape index (κ3) is 4.87. The molecule has 3 rings (SSSR count). The maximum Gasteiger partial charge on any atom is 0.261 e. The summed E-state index contributed by atoms with van der Waals surface area (Å²) in [5.74, 6) is -0.548. The van der Waals surface area contributed by atoms with E-state index in [1.165, 1.54) is 18.2 Å². The fourth-order valence-electron chi connectivity index (χ4n) is 2.55. The number of amides is 1. The molecule has 26 heavy (non-hydrogen) atoms. The van der Waals surface area contributed by atoms with Crippen molar-refractivity contribution < 1.29 is 13.9 Å². The Balaban J connectivity index is 1.51. The molecule has 1 fully saturated rings. The molecular weight excluding hydrogens is 361 g/mol. The van der Waals surface area contributed by atoms with Gasteiger partial charge in [-0.2, -0.15) is 0 Å². The second-order valence-corrected chi connectivity index (χ2v) is 6.14. The fraction of sp³-hybridized carbons (Fsp3) is 0.353. The number of aromatic nitrogens is 2. The van der Waals surface area contributed by atoms with E-state index >= 15 is 0 Å². The number of nitrogens with zero attached hydrogens (tertiary/aromatic N) is 3. The third-order valence-electron chi connectivity index (χ3n) is 3.93. The van der Waals surface area contributed by atoms with E-state index < -0.39 is 11.7 Å². The lowest BCUT2D eigenvalue weighted by Crippen LogP contribution is -2.39. The summed E-state index contributed by atoms with van der Waals surface area (Å²) in [6.45, 7) is 4.99. The van der Waals surface area contributed by atoms with Crippen LogP contribution in [0.2, 0.25) is 5.02 Å². The van der Waals surface area contributed by atoms with Crippen molar-refractivity contribution in [1.29, 1.82) is 0 Å². The Hall–Kier alpha value is -2.29. The van der Waals surface area contributed by atoms with Gasteiger partial charge in [0.05, 0.1) is 23.8 Å². The lowest BCUT2D eigenvalue weighted by molar-refractivity contribution is 0.0398. The van der Waals surface area contributed by atoms with Crippen LogP contribution < -0.4 is 10.6 Å². The molecule has 0 unspecified atom stereocenters. The molecule has 0 aliphatic carbocycles. The second-order valence-electron chi connectivity index (χ2n) is 5.74. The first-order valence-corrected chi connectivity index (χ1v) is 8.64. The summed E-state index contributed by atoms with van der Waals surface area (Å²) in [6, 6.07) is 7.36. The highest BCUT2D eigenvalue weighted by atomic mass is 35.5. The van der Waals surface area contributed by atoms with Gasteiger partial charge in [0.1, 0.15) is 11.6 Å². The zero-order valence-corrected chi connectivity index (χ0v) is 14.8. The van der Waals surface area contributed by atoms with Gasteiger partial charge in [0.15, 0.2) is 5.82 Å². The van der Waals surface area contributed by atoms with Crippen molar-refractivity contribution in [2.24, 2.45) is 0 Å². The van der Waals surface area contributed by atoms with Gasteiger partial charge in [0.25, 0.3) is 5.91 Å². The first kappa shape index (κ1) is 18.5. The van der Waals surface area contributed by atoms with Crippen LogP contribution >= 0.6 is 11.6 Å². The standard InChI is InChI=1S/C17H19ClFN5O2/c18-12-2-1-3-13(19)16(12)17(25)21-15-5-4-14(22-23-15)20-6-7-24-8-10-26-11-9-24/h1-5H,6-11H2,(H,20,22)(H,21,23,25). The number of anilines is 2. The van der Waals surface area contributed by atoms with Crippen LogP contribution in [0.15, 0.2) is 30.3 Å². The summed E-state index contributed by atoms with van der Waals surface area (Å²) >= 11 is 5.88. The van der Waals surface area contributed by atoms with E-state index in [1.54, 1.807) is 12.1 Å². The molecule has 0 radical (unpaired) electrons. The van der Waals surface area contributed by atoms with Crippen molar-refractivity contribution >= 4 is 29.1 Å². The average Bonchev–Trinajstić information content (AvgIpc) is 2.64. The Morgan fingerprint density at radius 2 is 1.92 bits per heavy atom. The van der Waals surface area contributed by atoms with Gasteiger partial charge in [-0.3, -0.25) is 9.69 Å². The molecule has 1 aliphatic rings. The number of ether oxygens (including phenoxy) is 1. The maximum atomic E-state index is 13.8. The van der Waals surface area contributed by atoms with Crippen LogP contribution in [0.5, 0.6) is 0 Å². The van der Waals surface area contributed by atoms with Gasteiger partial charge in [-0.15, -0.1) is 10.2 Å². The summed E-state index contributed by atoms with van der Waals surface area (Å²) < 4.78 is 19.1. The Morgan fingerprint density at radius 1 is 1.19 bits per heavy atom. The van der Waals surface area contributed by atoms with Crippen molar-refractivity contribution in [2.75, 3.05) is 50.0 Å². The van der Waals surface area contributed by atoms with Crippen LogP contribution in [0.3, 0.4) is 0 Å². The number of hydrogen-bond donors (Lipinski definition) is 2. The monoisotopic (exact) mass is 379 g/mol. The van der Waals surface area contributed by atoms with Crippen LogP contribution in [0.4, 0.5) is 16.0 Å². The Labute approximate surface area is 155 Å². The van der Waals surface area contributed by atoms with Crippen molar-refractivity contribution in [2.45, 2.75) is 0 Å². The van der Waals surface area contributed by atoms with E-state index in [0.29, 0.717) is 5.82 Å². The zero-order chi connectivity index (χ0) is 18.4. The summed E-state index contributed by atoms with van der Waals surface area (Å²) in [4.78, 5) is 14.5. The molecule has 0 spiro atoms. The van der Waals surface area contributed by atoms with Gasteiger partial charge < -0.3 is 15.4 Å². The number of morpholine rings is 1. The predicted molar refractivity (Wildman–Crippen MR) is 97.1 cm³/mol. The Morgan fingerprint density at radius 3 is 2.62 bits per heavy atom. The topological polar surface area (TPSA) is 79.4 Å². The number of carbonyl (C=O) groups excluding carboxylic acids is 1. The zero-order valence-electron chi connectivity index (χ0n) is 14.0. The molecule has 2 aromatic rings. The minimum absolute atomic E-state index is 0.0388. The molecule has 0 saturated carbocycles. The van der Waals surface area contributed by atoms with E-state index in [0.717, 1.165) is 39.4 Å². The number of hydrogen-bond acceptors (Lipinski definition) is 6. The third-order valence-corrected chi connectivity index (χ3v) is 4.25. The van der Waals surface area contributed by atoms with Gasteiger partial charge >= 0.3 is 0 Å². The van der Waals surface area contributed by atoms with E-state index in [4.69, 9.17) is 16.3 Å². The van der Waals surface area contributed by atoms with Gasteiger partial charge in [-0.25, -0.2) is 4.39 Å². The largest absolute Gasteiger partial charge is 0.379 e. The van der Waals surface area contributed by atoms with E-state index in [2.05, 4.69) is 25.7 Å². The highest BCUT2D eigenvalue weighted by molar-refractivity contribution is 6.34. The second kappa shape index (κ2) is 8.88. The molecule has 1 saturated heterocycles.